The van der Waals surface area contributed by atoms with E-state index in [2.05, 4.69) is 139 Å². The molecule has 0 aliphatic heterocycles. The average molecular weight is 661 g/mol. The second-order valence-electron chi connectivity index (χ2n) is 15.6. The van der Waals surface area contributed by atoms with Gasteiger partial charge in [0.25, 0.3) is 0 Å². The fourth-order valence-electron chi connectivity index (χ4n) is 7.09. The molecular weight excluding hydrogens is 613 g/mol. The second-order valence-corrected chi connectivity index (χ2v) is 15.6. The van der Waals surface area contributed by atoms with Crippen molar-refractivity contribution in [1.82, 2.24) is 19.3 Å². The lowest BCUT2D eigenvalue weighted by molar-refractivity contribution is 0.483. The Morgan fingerprint density at radius 2 is 1.42 bits per heavy atom. The van der Waals surface area contributed by atoms with Crippen LogP contribution in [0.4, 0.5) is 0 Å². The topological polar surface area (TPSA) is 44.9 Å². The van der Waals surface area contributed by atoms with Crippen molar-refractivity contribution < 1.29 is 4.74 Å². The number of benzene rings is 4. The lowest BCUT2D eigenvalue weighted by atomic mass is 9.79. The number of ether oxygens (including phenoxy) is 1. The van der Waals surface area contributed by atoms with Crippen molar-refractivity contribution >= 4 is 21.8 Å². The molecule has 0 aliphatic rings. The van der Waals surface area contributed by atoms with Gasteiger partial charge in [-0.3, -0.25) is 4.57 Å². The van der Waals surface area contributed by atoms with Gasteiger partial charge < -0.3 is 4.74 Å². The van der Waals surface area contributed by atoms with Crippen molar-refractivity contribution in [3.63, 3.8) is 0 Å². The molecule has 50 heavy (non-hydrogen) atoms. The monoisotopic (exact) mass is 660 g/mol. The van der Waals surface area contributed by atoms with E-state index in [1.54, 1.807) is 0 Å². The Bertz CT molecular complexity index is 2280. The standard InChI is InChI=1S/C45H48N4O/c1-29(2)20-32-23-35(45(6,7)8)24-33(21-30(3)4)44(32)34-27-47-48(28-34)36-12-11-13-37(25-36)50-38-16-17-40-39-14-9-10-15-41(39)49(42(40)26-38)43-22-31(5)18-19-46-43/h9-19,22-30H,20-21H2,1-8H3. The van der Waals surface area contributed by atoms with Crippen molar-refractivity contribution in [3.05, 3.63) is 132 Å². The molecule has 0 bridgehead atoms. The Labute approximate surface area is 296 Å². The van der Waals surface area contributed by atoms with Crippen molar-refractivity contribution in [2.24, 2.45) is 11.8 Å². The van der Waals surface area contributed by atoms with E-state index in [1.807, 2.05) is 35.3 Å². The summed E-state index contributed by atoms with van der Waals surface area (Å²) in [6.45, 7) is 18.3. The van der Waals surface area contributed by atoms with Crippen LogP contribution in [0.15, 0.2) is 110 Å². The Kier molecular flexibility index (Phi) is 8.86. The van der Waals surface area contributed by atoms with Gasteiger partial charge in [0.05, 0.1) is 22.9 Å². The number of aromatic nitrogens is 4. The van der Waals surface area contributed by atoms with Crippen LogP contribution in [0.1, 0.15) is 70.7 Å². The number of hydrogen-bond donors (Lipinski definition) is 0. The molecule has 7 aromatic rings. The molecule has 5 nitrogen and oxygen atoms in total. The first-order valence-corrected chi connectivity index (χ1v) is 17.9. The van der Waals surface area contributed by atoms with E-state index in [4.69, 9.17) is 14.8 Å². The molecule has 3 heterocycles. The molecule has 0 unspecified atom stereocenters. The number of aryl methyl sites for hydroxylation is 1. The summed E-state index contributed by atoms with van der Waals surface area (Å²) >= 11 is 0. The van der Waals surface area contributed by atoms with Gasteiger partial charge in [0.15, 0.2) is 0 Å². The van der Waals surface area contributed by atoms with Crippen LogP contribution in [0, 0.1) is 18.8 Å². The largest absolute Gasteiger partial charge is 0.457 e. The SMILES string of the molecule is Cc1ccnc(-n2c3ccccc3c3ccc(Oc4cccc(-n5cc(-c6c(CC(C)C)cc(C(C)(C)C)cc6CC(C)C)cn5)c4)cc32)c1. The highest BCUT2D eigenvalue weighted by Crippen LogP contribution is 2.38. The minimum absolute atomic E-state index is 0.0825. The fourth-order valence-corrected chi connectivity index (χ4v) is 7.09. The molecular formula is C45H48N4O. The van der Waals surface area contributed by atoms with Gasteiger partial charge in [0.1, 0.15) is 17.3 Å². The van der Waals surface area contributed by atoms with Crippen LogP contribution in [0.5, 0.6) is 11.5 Å². The first-order valence-electron chi connectivity index (χ1n) is 17.9. The average Bonchev–Trinajstić information content (AvgIpc) is 3.67. The zero-order chi connectivity index (χ0) is 35.2. The summed E-state index contributed by atoms with van der Waals surface area (Å²) in [5, 5.41) is 7.25. The minimum Gasteiger partial charge on any atom is -0.457 e. The molecule has 0 amide bonds. The Balaban J connectivity index is 1.25. The van der Waals surface area contributed by atoms with Gasteiger partial charge in [0, 0.05) is 40.9 Å². The predicted molar refractivity (Wildman–Crippen MR) is 208 cm³/mol. The molecule has 3 aromatic heterocycles. The normalized spacial score (nSPS) is 12.1. The van der Waals surface area contributed by atoms with E-state index in [9.17, 15) is 0 Å². The molecule has 0 fully saturated rings. The summed E-state index contributed by atoms with van der Waals surface area (Å²) < 4.78 is 10.7. The summed E-state index contributed by atoms with van der Waals surface area (Å²) in [5.74, 6) is 3.52. The van der Waals surface area contributed by atoms with E-state index in [-0.39, 0.29) is 5.41 Å². The maximum atomic E-state index is 6.55. The number of rotatable bonds is 9. The van der Waals surface area contributed by atoms with Crippen LogP contribution in [-0.2, 0) is 18.3 Å². The minimum atomic E-state index is 0.0825. The van der Waals surface area contributed by atoms with Gasteiger partial charge in [-0.25, -0.2) is 9.67 Å². The van der Waals surface area contributed by atoms with E-state index >= 15 is 0 Å². The highest BCUT2D eigenvalue weighted by molar-refractivity contribution is 6.09. The molecule has 0 saturated carbocycles. The highest BCUT2D eigenvalue weighted by atomic mass is 16.5. The molecule has 0 aliphatic carbocycles. The van der Waals surface area contributed by atoms with Crippen molar-refractivity contribution in [3.8, 4) is 34.1 Å². The summed E-state index contributed by atoms with van der Waals surface area (Å²) in [7, 11) is 0. The molecule has 5 heteroatoms. The van der Waals surface area contributed by atoms with E-state index in [0.717, 1.165) is 52.4 Å². The summed E-state index contributed by atoms with van der Waals surface area (Å²) in [6, 6.07) is 32.0. The van der Waals surface area contributed by atoms with Gasteiger partial charge in [-0.15, -0.1) is 0 Å². The maximum absolute atomic E-state index is 6.55. The molecule has 0 radical (unpaired) electrons. The van der Waals surface area contributed by atoms with Crippen LogP contribution >= 0.6 is 0 Å². The van der Waals surface area contributed by atoms with Crippen molar-refractivity contribution in [2.75, 3.05) is 0 Å². The summed E-state index contributed by atoms with van der Waals surface area (Å²) in [4.78, 5) is 4.73. The summed E-state index contributed by atoms with van der Waals surface area (Å²) in [6.07, 6.45) is 8.14. The third-order valence-corrected chi connectivity index (χ3v) is 9.39. The number of para-hydroxylation sites is 1. The van der Waals surface area contributed by atoms with Gasteiger partial charge in [-0.2, -0.15) is 5.10 Å². The lowest BCUT2D eigenvalue weighted by Crippen LogP contribution is -2.14. The molecule has 7 rings (SSSR count). The van der Waals surface area contributed by atoms with Gasteiger partial charge >= 0.3 is 0 Å². The van der Waals surface area contributed by atoms with Crippen LogP contribution < -0.4 is 4.74 Å². The Hall–Kier alpha value is -5.16. The van der Waals surface area contributed by atoms with Gasteiger partial charge in [-0.1, -0.05) is 84.9 Å². The number of pyridine rings is 1. The third-order valence-electron chi connectivity index (χ3n) is 9.39. The second kappa shape index (κ2) is 13.3. The first-order chi connectivity index (χ1) is 23.9. The fraction of sp³-hybridized carbons (Fsp3) is 0.289. The number of hydrogen-bond acceptors (Lipinski definition) is 3. The maximum Gasteiger partial charge on any atom is 0.137 e. The first kappa shape index (κ1) is 33.3. The van der Waals surface area contributed by atoms with Gasteiger partial charge in [-0.05, 0) is 107 Å². The number of fused-ring (bicyclic) bond motifs is 3. The van der Waals surface area contributed by atoms with Crippen LogP contribution in [0.25, 0.3) is 44.4 Å². The lowest BCUT2D eigenvalue weighted by Gasteiger charge is -2.25. The molecule has 0 atom stereocenters. The van der Waals surface area contributed by atoms with Crippen molar-refractivity contribution in [1.29, 1.82) is 0 Å². The van der Waals surface area contributed by atoms with Crippen LogP contribution in [0.3, 0.4) is 0 Å². The molecule has 0 saturated heterocycles. The molecule has 0 N–H and O–H groups in total. The van der Waals surface area contributed by atoms with Gasteiger partial charge in [0.2, 0.25) is 0 Å². The highest BCUT2D eigenvalue weighted by Gasteiger charge is 2.22. The summed E-state index contributed by atoms with van der Waals surface area (Å²) in [5.41, 5.74) is 11.1. The van der Waals surface area contributed by atoms with Crippen molar-refractivity contribution in [2.45, 2.75) is 73.6 Å². The Morgan fingerprint density at radius 3 is 2.12 bits per heavy atom. The quantitative estimate of drug-likeness (QED) is 0.155. The number of nitrogens with zero attached hydrogens (tertiary/aromatic N) is 4. The molecule has 254 valence electrons. The van der Waals surface area contributed by atoms with E-state index < -0.39 is 0 Å². The smallest absolute Gasteiger partial charge is 0.137 e. The third kappa shape index (κ3) is 6.69. The van der Waals surface area contributed by atoms with Crippen LogP contribution in [-0.4, -0.2) is 19.3 Å². The molecule has 0 spiro atoms. The predicted octanol–water partition coefficient (Wildman–Crippen LogP) is 11.8. The zero-order valence-corrected chi connectivity index (χ0v) is 30.7. The van der Waals surface area contributed by atoms with E-state index in [1.165, 1.54) is 38.6 Å². The zero-order valence-electron chi connectivity index (χ0n) is 30.7. The Morgan fingerprint density at radius 1 is 0.720 bits per heavy atom. The molecule has 4 aromatic carbocycles. The van der Waals surface area contributed by atoms with E-state index in [0.29, 0.717) is 11.8 Å². The van der Waals surface area contributed by atoms with Crippen LogP contribution in [0.2, 0.25) is 0 Å².